The van der Waals surface area contributed by atoms with Gasteiger partial charge in [0.1, 0.15) is 0 Å². The second-order valence-electron chi connectivity index (χ2n) is 10.5. The fourth-order valence-electron chi connectivity index (χ4n) is 5.76. The van der Waals surface area contributed by atoms with Gasteiger partial charge in [-0.05, 0) is 68.2 Å². The lowest BCUT2D eigenvalue weighted by atomic mass is 9.81. The van der Waals surface area contributed by atoms with Crippen LogP contribution in [0.5, 0.6) is 0 Å². The number of allylic oxidation sites excluding steroid dienone is 5. The van der Waals surface area contributed by atoms with Crippen molar-refractivity contribution >= 4 is 28.6 Å². The van der Waals surface area contributed by atoms with E-state index >= 15 is 0 Å². The molecule has 1 unspecified atom stereocenters. The minimum absolute atomic E-state index is 0.00124. The highest BCUT2D eigenvalue weighted by molar-refractivity contribution is 6.17. The number of benzene rings is 1. The molecule has 37 heavy (non-hydrogen) atoms. The molecule has 2 aromatic rings. The van der Waals surface area contributed by atoms with Crippen molar-refractivity contribution in [3.05, 3.63) is 88.2 Å². The summed E-state index contributed by atoms with van der Waals surface area (Å²) in [7, 11) is 0. The molecule has 4 nitrogen and oxygen atoms in total. The van der Waals surface area contributed by atoms with E-state index < -0.39 is 0 Å². The van der Waals surface area contributed by atoms with Crippen LogP contribution in [0.15, 0.2) is 60.2 Å². The minimum atomic E-state index is -0.00124. The molecule has 0 radical (unpaired) electrons. The second kappa shape index (κ2) is 11.0. The van der Waals surface area contributed by atoms with Crippen LogP contribution in [0.1, 0.15) is 86.2 Å². The third-order valence-corrected chi connectivity index (χ3v) is 7.79. The Kier molecular flexibility index (Phi) is 7.50. The Bertz CT molecular complexity index is 1420. The van der Waals surface area contributed by atoms with Gasteiger partial charge in [0.05, 0.1) is 28.9 Å². The monoisotopic (exact) mass is 493 g/mol. The number of nitrogens with zero attached hydrogens (tertiary/aromatic N) is 2. The van der Waals surface area contributed by atoms with Crippen LogP contribution in [0.2, 0.25) is 0 Å². The Morgan fingerprint density at radius 3 is 2.81 bits per heavy atom. The number of Topliss-reactive ketones (excluding diaryl/α,β-unsaturated/α-hetero) is 1. The molecule has 0 N–H and O–H groups in total. The van der Waals surface area contributed by atoms with Crippen molar-refractivity contribution in [2.45, 2.75) is 71.1 Å². The number of pyridine rings is 1. The van der Waals surface area contributed by atoms with Crippen LogP contribution in [-0.4, -0.2) is 35.9 Å². The molecule has 0 amide bonds. The number of ketones is 1. The largest absolute Gasteiger partial charge is 0.381 e. The summed E-state index contributed by atoms with van der Waals surface area (Å²) in [6.07, 6.45) is 15.4. The van der Waals surface area contributed by atoms with Crippen LogP contribution in [0.3, 0.4) is 0 Å². The number of rotatable bonds is 9. The molecular formula is C33H37N2O2+. The van der Waals surface area contributed by atoms with Crippen LogP contribution >= 0.6 is 0 Å². The summed E-state index contributed by atoms with van der Waals surface area (Å²) in [5, 5.41) is 1.27. The molecule has 3 aliphatic rings. The van der Waals surface area contributed by atoms with E-state index in [0.29, 0.717) is 19.4 Å². The van der Waals surface area contributed by atoms with E-state index in [1.807, 2.05) is 18.4 Å². The number of aromatic nitrogens is 1. The molecule has 2 heterocycles. The first-order valence-electron chi connectivity index (χ1n) is 13.7. The molecular weight excluding hydrogens is 456 g/mol. The lowest BCUT2D eigenvalue weighted by Gasteiger charge is -2.25. The van der Waals surface area contributed by atoms with Gasteiger partial charge in [0.2, 0.25) is 0 Å². The number of hydrogen-bond acceptors (Lipinski definition) is 3. The summed E-state index contributed by atoms with van der Waals surface area (Å²) in [6.45, 7) is 14.1. The van der Waals surface area contributed by atoms with Gasteiger partial charge < -0.3 is 4.74 Å². The van der Waals surface area contributed by atoms with Crippen molar-refractivity contribution in [1.29, 1.82) is 0 Å². The van der Waals surface area contributed by atoms with E-state index in [0.717, 1.165) is 65.9 Å². The standard InChI is InChI=1S/C33H37N2O2/c1-5-17-37-18-16-21(2)19-31(36)24-11-10-22(3)25(13-12-24)33-28-9-7-6-8-27(28)32-29-20-34-23(4)26(29)14-15-30(32)35-33/h11-15,20,25H,2-3,5-10,16-19H2,1,4H3/q+1. The molecule has 1 aliphatic heterocycles. The van der Waals surface area contributed by atoms with Crippen molar-refractivity contribution in [3.63, 3.8) is 0 Å². The van der Waals surface area contributed by atoms with Gasteiger partial charge in [-0.15, -0.1) is 0 Å². The van der Waals surface area contributed by atoms with Gasteiger partial charge >= 0.3 is 11.9 Å². The van der Waals surface area contributed by atoms with Crippen molar-refractivity contribution in [3.8, 4) is 0 Å². The van der Waals surface area contributed by atoms with Gasteiger partial charge in [0.15, 0.2) is 5.78 Å². The fourth-order valence-corrected chi connectivity index (χ4v) is 5.76. The summed E-state index contributed by atoms with van der Waals surface area (Å²) in [5.74, 6) is 0.110. The smallest absolute Gasteiger partial charge is 0.308 e. The number of hydrogen-bond donors (Lipinski definition) is 0. The normalized spacial score (nSPS) is 18.3. The van der Waals surface area contributed by atoms with Gasteiger partial charge in [0.25, 0.3) is 0 Å². The summed E-state index contributed by atoms with van der Waals surface area (Å²) in [5.41, 5.74) is 11.2. The van der Waals surface area contributed by atoms with E-state index in [-0.39, 0.29) is 11.7 Å². The molecule has 2 aliphatic carbocycles. The van der Waals surface area contributed by atoms with Crippen LogP contribution in [-0.2, 0) is 22.4 Å². The van der Waals surface area contributed by atoms with Crippen molar-refractivity contribution in [2.75, 3.05) is 13.2 Å². The van der Waals surface area contributed by atoms with E-state index in [4.69, 9.17) is 9.72 Å². The third-order valence-electron chi connectivity index (χ3n) is 7.79. The summed E-state index contributed by atoms with van der Waals surface area (Å²) in [6, 6.07) is 4.30. The average Bonchev–Trinajstić information content (AvgIpc) is 3.17. The maximum absolute atomic E-state index is 13.1. The maximum Gasteiger partial charge on any atom is 0.308 e. The van der Waals surface area contributed by atoms with Crippen LogP contribution < -0.4 is 4.67 Å². The quantitative estimate of drug-likeness (QED) is 0.235. The highest BCUT2D eigenvalue weighted by Crippen LogP contribution is 2.39. The molecule has 190 valence electrons. The molecule has 0 spiro atoms. The average molecular weight is 494 g/mol. The van der Waals surface area contributed by atoms with Crippen molar-refractivity contribution in [1.82, 2.24) is 9.65 Å². The lowest BCUT2D eigenvalue weighted by molar-refractivity contribution is -0.114. The molecule has 0 saturated heterocycles. The lowest BCUT2D eigenvalue weighted by Crippen LogP contribution is -2.14. The number of carbonyl (C=O) groups is 1. The Hall–Kier alpha value is -3.33. The highest BCUT2D eigenvalue weighted by Gasteiger charge is 2.29. The molecule has 1 atom stereocenters. The number of ether oxygens (including phenoxy) is 1. The molecule has 1 aromatic heterocycles. The molecule has 0 fully saturated rings. The van der Waals surface area contributed by atoms with Crippen molar-refractivity contribution < 1.29 is 9.53 Å². The van der Waals surface area contributed by atoms with Gasteiger partial charge in [0, 0.05) is 36.8 Å². The molecule has 5 rings (SSSR count). The molecule has 0 bridgehead atoms. The van der Waals surface area contributed by atoms with E-state index in [2.05, 4.69) is 49.9 Å². The summed E-state index contributed by atoms with van der Waals surface area (Å²) in [4.78, 5) is 18.3. The molecule has 4 heteroatoms. The van der Waals surface area contributed by atoms with E-state index in [1.165, 1.54) is 40.5 Å². The Labute approximate surface area is 220 Å². The topological polar surface area (TPSA) is 53.3 Å². The zero-order chi connectivity index (χ0) is 25.9. The molecule has 1 aromatic carbocycles. The molecule has 0 saturated carbocycles. The summed E-state index contributed by atoms with van der Waals surface area (Å²) < 4.78 is 10.2. The summed E-state index contributed by atoms with van der Waals surface area (Å²) >= 11 is 0. The highest BCUT2D eigenvalue weighted by atomic mass is 16.5. The van der Waals surface area contributed by atoms with Crippen molar-refractivity contribution in [2.24, 2.45) is 0 Å². The Morgan fingerprint density at radius 1 is 1.19 bits per heavy atom. The number of fused-ring (bicyclic) bond motifs is 5. The predicted octanol–water partition coefficient (Wildman–Crippen LogP) is 6.28. The maximum atomic E-state index is 13.1. The van der Waals surface area contributed by atoms with Crippen LogP contribution in [0.25, 0.3) is 10.9 Å². The van der Waals surface area contributed by atoms with Gasteiger partial charge in [-0.25, -0.2) is 0 Å². The van der Waals surface area contributed by atoms with Crippen LogP contribution in [0, 0.1) is 0 Å². The zero-order valence-corrected chi connectivity index (χ0v) is 22.2. The predicted molar refractivity (Wildman–Crippen MR) is 154 cm³/mol. The van der Waals surface area contributed by atoms with Gasteiger partial charge in [-0.1, -0.05) is 54.1 Å². The van der Waals surface area contributed by atoms with Crippen LogP contribution in [0.4, 0.5) is 0 Å². The first-order chi connectivity index (χ1) is 18.0. The first kappa shape index (κ1) is 25.3. The third kappa shape index (κ3) is 5.09. The Morgan fingerprint density at radius 2 is 2.00 bits per heavy atom. The first-order valence-corrected chi connectivity index (χ1v) is 13.7. The SMILES string of the molecule is C=C(CCOCCC)CC(=O)C1=CCC(=C)C(c2nc3ccc4c(c3c3c2CCCC3)C=[N+]=C4C)C=C1. The second-order valence-corrected chi connectivity index (χ2v) is 10.5. The fraction of sp³-hybridized carbons (Fsp3) is 0.394. The Balaban J connectivity index is 1.42. The van der Waals surface area contributed by atoms with E-state index in [1.54, 1.807) is 0 Å². The number of carbonyl (C=O) groups excluding carboxylic acids is 1. The van der Waals surface area contributed by atoms with Gasteiger partial charge in [-0.2, -0.15) is 0 Å². The van der Waals surface area contributed by atoms with Gasteiger partial charge in [-0.3, -0.25) is 9.78 Å². The number of aryl methyl sites for hydroxylation is 1. The zero-order valence-electron chi connectivity index (χ0n) is 22.2. The minimum Gasteiger partial charge on any atom is -0.381 e. The van der Waals surface area contributed by atoms with E-state index in [9.17, 15) is 4.79 Å².